The summed E-state index contributed by atoms with van der Waals surface area (Å²) in [6.07, 6.45) is 1.89. The summed E-state index contributed by atoms with van der Waals surface area (Å²) in [7, 11) is 3.18. The Balaban J connectivity index is 1.18. The highest BCUT2D eigenvalue weighted by molar-refractivity contribution is 5.82. The first kappa shape index (κ1) is 34.5. The number of fused-ring (bicyclic) bond motifs is 3. The second-order valence-electron chi connectivity index (χ2n) is 12.7. The minimum atomic E-state index is -0.778. The number of nitrogens with zero attached hydrogens (tertiary/aromatic N) is 1. The van der Waals surface area contributed by atoms with Crippen molar-refractivity contribution in [2.24, 2.45) is 0 Å². The molecule has 0 radical (unpaired) electrons. The van der Waals surface area contributed by atoms with Crippen LogP contribution in [0.1, 0.15) is 66.9 Å². The molecule has 4 aromatic carbocycles. The minimum absolute atomic E-state index is 0.0588. The Morgan fingerprint density at radius 3 is 2.24 bits per heavy atom. The van der Waals surface area contributed by atoms with Crippen LogP contribution < -0.4 is 14.2 Å². The van der Waals surface area contributed by atoms with Crippen molar-refractivity contribution in [1.82, 2.24) is 4.90 Å². The summed E-state index contributed by atoms with van der Waals surface area (Å²) >= 11 is 0. The number of hydrogen-bond donors (Lipinski definition) is 0. The van der Waals surface area contributed by atoms with Gasteiger partial charge in [-0.2, -0.15) is 0 Å². The first-order chi connectivity index (χ1) is 24.4. The molecule has 9 heteroatoms. The number of aryl methyl sites for hydroxylation is 1. The Kier molecular flexibility index (Phi) is 11.0. The quantitative estimate of drug-likeness (QED) is 0.133. The molecule has 1 unspecified atom stereocenters. The predicted octanol–water partition coefficient (Wildman–Crippen LogP) is 7.69. The molecule has 1 saturated heterocycles. The van der Waals surface area contributed by atoms with Crippen LogP contribution in [0.2, 0.25) is 0 Å². The Bertz CT molecular complexity index is 1790. The van der Waals surface area contributed by atoms with Gasteiger partial charge in [0.25, 0.3) is 0 Å². The standard InChI is InChI=1S/C41H43NO8/c1-27(43)25-48-30-12-10-11-29(24-30)37(20-18-28-19-21-38(46-2)39(23-28)47-3)50-40(44)36-17-8-9-22-42(36)41(45)49-26-35-33-15-6-4-13-31(33)32-14-5-7-16-34(32)35/h4-7,10-16,19,21,23-24,35-37H,8-9,17-18,20,22,25-26H2,1-3H3/t36-,37?/m0/s1. The van der Waals surface area contributed by atoms with Gasteiger partial charge in [-0.05, 0) is 96.7 Å². The summed E-state index contributed by atoms with van der Waals surface area (Å²) in [5.74, 6) is 1.07. The Morgan fingerprint density at radius 2 is 1.54 bits per heavy atom. The van der Waals surface area contributed by atoms with E-state index in [1.54, 1.807) is 26.4 Å². The van der Waals surface area contributed by atoms with Crippen LogP contribution in [0.5, 0.6) is 17.2 Å². The number of hydrogen-bond acceptors (Lipinski definition) is 8. The van der Waals surface area contributed by atoms with E-state index in [-0.39, 0.29) is 24.9 Å². The SMILES string of the molecule is COc1ccc(CCC(OC(=O)[C@@H]2CCCCN2C(=O)OCC2c3ccccc3-c3ccccc32)c2cccc(OCC(C)=O)c2)cc1OC. The maximum atomic E-state index is 14.0. The highest BCUT2D eigenvalue weighted by Gasteiger charge is 2.37. The summed E-state index contributed by atoms with van der Waals surface area (Å²) in [6.45, 7) is 1.98. The number of piperidine rings is 1. The normalized spacial score (nSPS) is 15.7. The van der Waals surface area contributed by atoms with E-state index in [0.29, 0.717) is 43.1 Å². The van der Waals surface area contributed by atoms with Gasteiger partial charge in [-0.3, -0.25) is 9.69 Å². The van der Waals surface area contributed by atoms with E-state index >= 15 is 0 Å². The summed E-state index contributed by atoms with van der Waals surface area (Å²) < 4.78 is 28.8. The van der Waals surface area contributed by atoms with Gasteiger partial charge in [0.05, 0.1) is 14.2 Å². The van der Waals surface area contributed by atoms with E-state index in [2.05, 4.69) is 24.3 Å². The molecule has 6 rings (SSSR count). The third-order valence-corrected chi connectivity index (χ3v) is 9.42. The van der Waals surface area contributed by atoms with Gasteiger partial charge in [0.1, 0.15) is 31.1 Å². The van der Waals surface area contributed by atoms with E-state index < -0.39 is 24.2 Å². The highest BCUT2D eigenvalue weighted by atomic mass is 16.6. The summed E-state index contributed by atoms with van der Waals surface area (Å²) in [4.78, 5) is 40.8. The van der Waals surface area contributed by atoms with Crippen molar-refractivity contribution < 1.29 is 38.1 Å². The van der Waals surface area contributed by atoms with Crippen LogP contribution in [-0.4, -0.2) is 62.8 Å². The molecule has 50 heavy (non-hydrogen) atoms. The van der Waals surface area contributed by atoms with Crippen LogP contribution in [-0.2, 0) is 25.5 Å². The third kappa shape index (κ3) is 7.77. The second kappa shape index (κ2) is 15.9. The Morgan fingerprint density at radius 1 is 0.820 bits per heavy atom. The number of rotatable bonds is 13. The van der Waals surface area contributed by atoms with E-state index in [9.17, 15) is 14.4 Å². The molecule has 1 amide bonds. The zero-order valence-electron chi connectivity index (χ0n) is 28.8. The van der Waals surface area contributed by atoms with Gasteiger partial charge in [-0.25, -0.2) is 9.59 Å². The zero-order valence-corrected chi connectivity index (χ0v) is 28.8. The average molecular weight is 678 g/mol. The van der Waals surface area contributed by atoms with E-state index in [1.807, 2.05) is 54.6 Å². The van der Waals surface area contributed by atoms with Gasteiger partial charge < -0.3 is 23.7 Å². The van der Waals surface area contributed by atoms with Crippen molar-refractivity contribution in [3.63, 3.8) is 0 Å². The number of ketones is 1. The lowest BCUT2D eigenvalue weighted by Crippen LogP contribution is -2.49. The van der Waals surface area contributed by atoms with Crippen LogP contribution in [0, 0.1) is 0 Å². The van der Waals surface area contributed by atoms with Crippen LogP contribution >= 0.6 is 0 Å². The van der Waals surface area contributed by atoms with Gasteiger partial charge in [-0.1, -0.05) is 66.7 Å². The van der Waals surface area contributed by atoms with Crippen molar-refractivity contribution in [1.29, 1.82) is 0 Å². The molecule has 0 bridgehead atoms. The first-order valence-corrected chi connectivity index (χ1v) is 17.1. The topological polar surface area (TPSA) is 101 Å². The third-order valence-electron chi connectivity index (χ3n) is 9.42. The van der Waals surface area contributed by atoms with Crippen molar-refractivity contribution >= 4 is 17.8 Å². The fourth-order valence-corrected chi connectivity index (χ4v) is 6.91. The van der Waals surface area contributed by atoms with Crippen molar-refractivity contribution in [2.75, 3.05) is 34.0 Å². The van der Waals surface area contributed by atoms with Crippen LogP contribution in [0.4, 0.5) is 4.79 Å². The number of carbonyl (C=O) groups is 3. The maximum Gasteiger partial charge on any atom is 0.410 e. The molecule has 0 aromatic heterocycles. The lowest BCUT2D eigenvalue weighted by molar-refractivity contribution is -0.157. The first-order valence-electron chi connectivity index (χ1n) is 17.1. The molecule has 260 valence electrons. The molecule has 2 atom stereocenters. The van der Waals surface area contributed by atoms with Crippen LogP contribution in [0.3, 0.4) is 0 Å². The number of methoxy groups -OCH3 is 2. The summed E-state index contributed by atoms with van der Waals surface area (Å²) in [5.41, 5.74) is 6.26. The van der Waals surface area contributed by atoms with E-state index in [1.165, 1.54) is 11.8 Å². The molecule has 0 N–H and O–H groups in total. The van der Waals surface area contributed by atoms with Crippen molar-refractivity contribution in [3.8, 4) is 28.4 Å². The van der Waals surface area contributed by atoms with E-state index in [0.717, 1.165) is 46.2 Å². The molecule has 0 saturated carbocycles. The number of ether oxygens (including phenoxy) is 5. The molecule has 9 nitrogen and oxygen atoms in total. The van der Waals surface area contributed by atoms with Crippen molar-refractivity contribution in [2.45, 2.75) is 57.1 Å². The molecule has 1 fully saturated rings. The minimum Gasteiger partial charge on any atom is -0.493 e. The summed E-state index contributed by atoms with van der Waals surface area (Å²) in [5, 5.41) is 0. The van der Waals surface area contributed by atoms with Gasteiger partial charge in [-0.15, -0.1) is 0 Å². The zero-order chi connectivity index (χ0) is 35.0. The monoisotopic (exact) mass is 677 g/mol. The Labute approximate surface area is 293 Å². The molecule has 1 heterocycles. The maximum absolute atomic E-state index is 14.0. The largest absolute Gasteiger partial charge is 0.493 e. The average Bonchev–Trinajstić information content (AvgIpc) is 3.47. The molecule has 4 aromatic rings. The molecule has 1 aliphatic carbocycles. The molecular formula is C41H43NO8. The second-order valence-corrected chi connectivity index (χ2v) is 12.7. The molecular weight excluding hydrogens is 634 g/mol. The smallest absolute Gasteiger partial charge is 0.410 e. The van der Waals surface area contributed by atoms with Gasteiger partial charge in [0, 0.05) is 12.5 Å². The van der Waals surface area contributed by atoms with Gasteiger partial charge in [0.15, 0.2) is 17.3 Å². The number of amides is 1. The lowest BCUT2D eigenvalue weighted by atomic mass is 9.98. The van der Waals surface area contributed by atoms with Gasteiger partial charge >= 0.3 is 12.1 Å². The van der Waals surface area contributed by atoms with Crippen molar-refractivity contribution in [3.05, 3.63) is 113 Å². The fourth-order valence-electron chi connectivity index (χ4n) is 6.91. The number of benzene rings is 4. The Hall–Kier alpha value is -5.31. The lowest BCUT2D eigenvalue weighted by Gasteiger charge is -2.34. The predicted molar refractivity (Wildman–Crippen MR) is 189 cm³/mol. The molecule has 2 aliphatic rings. The highest BCUT2D eigenvalue weighted by Crippen LogP contribution is 2.44. The van der Waals surface area contributed by atoms with Crippen LogP contribution in [0.25, 0.3) is 11.1 Å². The van der Waals surface area contributed by atoms with Crippen LogP contribution in [0.15, 0.2) is 91.0 Å². The number of likely N-dealkylation sites (tertiary alicyclic amines) is 1. The summed E-state index contributed by atoms with van der Waals surface area (Å²) in [6, 6.07) is 28.6. The van der Waals surface area contributed by atoms with Gasteiger partial charge in [0.2, 0.25) is 0 Å². The fraction of sp³-hybridized carbons (Fsp3) is 0.341. The van der Waals surface area contributed by atoms with E-state index in [4.69, 9.17) is 23.7 Å². The molecule has 0 spiro atoms. The number of carbonyl (C=O) groups excluding carboxylic acids is 3. The molecule has 1 aliphatic heterocycles. The number of esters is 1. The number of Topliss-reactive ketones (excluding diaryl/α,β-unsaturated/α-hetero) is 1.